The van der Waals surface area contributed by atoms with Crippen molar-refractivity contribution >= 4 is 11.6 Å². The fourth-order valence-corrected chi connectivity index (χ4v) is 2.06. The highest BCUT2D eigenvalue weighted by Gasteiger charge is 2.11. The predicted octanol–water partition coefficient (Wildman–Crippen LogP) is 3.93. The summed E-state index contributed by atoms with van der Waals surface area (Å²) in [5, 5.41) is 0.607. The zero-order chi connectivity index (χ0) is 14.1. The van der Waals surface area contributed by atoms with E-state index in [2.05, 4.69) is 6.58 Å². The van der Waals surface area contributed by atoms with Crippen LogP contribution in [0.25, 0.3) is 0 Å². The van der Waals surface area contributed by atoms with Gasteiger partial charge in [-0.1, -0.05) is 17.7 Å². The number of allylic oxidation sites excluding steroid dienone is 1. The number of hydrogen-bond acceptors (Lipinski definition) is 3. The van der Waals surface area contributed by atoms with Gasteiger partial charge in [-0.3, -0.25) is 0 Å². The molecule has 0 heterocycles. The maximum absolute atomic E-state index is 6.00. The molecule has 0 atom stereocenters. The highest BCUT2D eigenvalue weighted by Crippen LogP contribution is 2.34. The summed E-state index contributed by atoms with van der Waals surface area (Å²) in [6.07, 6.45) is 6.27. The van der Waals surface area contributed by atoms with Crippen LogP contribution in [0.15, 0.2) is 24.8 Å². The molecule has 1 rings (SSSR count). The van der Waals surface area contributed by atoms with Gasteiger partial charge in [-0.15, -0.1) is 6.58 Å². The Kier molecular flexibility index (Phi) is 7.38. The molecule has 2 N–H and O–H groups in total. The van der Waals surface area contributed by atoms with Crippen LogP contribution in [-0.2, 0) is 6.54 Å². The molecule has 0 aromatic heterocycles. The summed E-state index contributed by atoms with van der Waals surface area (Å²) in [5.41, 5.74) is 6.58. The second-order valence-electron chi connectivity index (χ2n) is 4.29. The van der Waals surface area contributed by atoms with Crippen LogP contribution in [-0.4, -0.2) is 13.7 Å². The summed E-state index contributed by atoms with van der Waals surface area (Å²) < 4.78 is 11.1. The highest BCUT2D eigenvalue weighted by molar-refractivity contribution is 6.30. The van der Waals surface area contributed by atoms with Crippen LogP contribution in [0.5, 0.6) is 11.5 Å². The second-order valence-corrected chi connectivity index (χ2v) is 4.72. The molecule has 0 saturated carbocycles. The summed E-state index contributed by atoms with van der Waals surface area (Å²) in [6, 6.07) is 3.56. The van der Waals surface area contributed by atoms with Gasteiger partial charge in [0.2, 0.25) is 0 Å². The van der Waals surface area contributed by atoms with E-state index in [0.717, 1.165) is 31.2 Å². The lowest BCUT2D eigenvalue weighted by molar-refractivity contribution is 0.282. The normalized spacial score (nSPS) is 10.3. The zero-order valence-electron chi connectivity index (χ0n) is 11.5. The smallest absolute Gasteiger partial charge is 0.165 e. The average Bonchev–Trinajstić information content (AvgIpc) is 2.43. The molecule has 3 nitrogen and oxygen atoms in total. The molecule has 0 radical (unpaired) electrons. The number of ether oxygens (including phenoxy) is 2. The monoisotopic (exact) mass is 283 g/mol. The van der Waals surface area contributed by atoms with Crippen molar-refractivity contribution in [2.75, 3.05) is 13.7 Å². The van der Waals surface area contributed by atoms with Crippen LogP contribution in [0.4, 0.5) is 0 Å². The summed E-state index contributed by atoms with van der Waals surface area (Å²) >= 11 is 6.00. The molecular formula is C15H22ClNO2. The van der Waals surface area contributed by atoms with Crippen LogP contribution in [0.1, 0.15) is 31.2 Å². The van der Waals surface area contributed by atoms with Crippen LogP contribution >= 0.6 is 11.6 Å². The van der Waals surface area contributed by atoms with E-state index in [1.54, 1.807) is 13.2 Å². The molecule has 1 aromatic carbocycles. The van der Waals surface area contributed by atoms with Crippen molar-refractivity contribution in [3.63, 3.8) is 0 Å². The van der Waals surface area contributed by atoms with Gasteiger partial charge in [0.15, 0.2) is 11.5 Å². The van der Waals surface area contributed by atoms with Crippen molar-refractivity contribution < 1.29 is 9.47 Å². The van der Waals surface area contributed by atoms with Gasteiger partial charge in [-0.05, 0) is 31.7 Å². The fourth-order valence-electron chi connectivity index (χ4n) is 1.83. The minimum atomic E-state index is 0.378. The van der Waals surface area contributed by atoms with Crippen LogP contribution in [0, 0.1) is 0 Å². The Balaban J connectivity index is 2.58. The zero-order valence-corrected chi connectivity index (χ0v) is 12.2. The fraction of sp³-hybridized carbons (Fsp3) is 0.467. The van der Waals surface area contributed by atoms with E-state index in [-0.39, 0.29) is 0 Å². The Morgan fingerprint density at radius 3 is 2.74 bits per heavy atom. The van der Waals surface area contributed by atoms with Gasteiger partial charge in [0.05, 0.1) is 13.7 Å². The number of rotatable bonds is 9. The Hall–Kier alpha value is -1.19. The predicted molar refractivity (Wildman–Crippen MR) is 80.1 cm³/mol. The molecule has 0 saturated heterocycles. The average molecular weight is 284 g/mol. The Morgan fingerprint density at radius 1 is 1.32 bits per heavy atom. The van der Waals surface area contributed by atoms with Gasteiger partial charge >= 0.3 is 0 Å². The van der Waals surface area contributed by atoms with Gasteiger partial charge in [-0.2, -0.15) is 0 Å². The molecule has 0 unspecified atom stereocenters. The molecule has 0 aliphatic rings. The molecule has 19 heavy (non-hydrogen) atoms. The summed E-state index contributed by atoms with van der Waals surface area (Å²) in [7, 11) is 1.60. The number of halogens is 1. The van der Waals surface area contributed by atoms with Crippen molar-refractivity contribution in [1.29, 1.82) is 0 Å². The maximum Gasteiger partial charge on any atom is 0.165 e. The first-order valence-corrected chi connectivity index (χ1v) is 6.91. The Bertz CT molecular complexity index is 382. The van der Waals surface area contributed by atoms with Gasteiger partial charge in [0.1, 0.15) is 0 Å². The minimum absolute atomic E-state index is 0.378. The lowest BCUT2D eigenvalue weighted by Crippen LogP contribution is -2.05. The highest BCUT2D eigenvalue weighted by atomic mass is 35.5. The third-order valence-electron chi connectivity index (χ3n) is 2.84. The van der Waals surface area contributed by atoms with Crippen molar-refractivity contribution in [2.45, 2.75) is 32.2 Å². The topological polar surface area (TPSA) is 44.5 Å². The number of nitrogens with two attached hydrogens (primary N) is 1. The first-order chi connectivity index (χ1) is 9.22. The third kappa shape index (κ3) is 5.13. The maximum atomic E-state index is 6.00. The Morgan fingerprint density at radius 2 is 2.11 bits per heavy atom. The van der Waals surface area contributed by atoms with Gasteiger partial charge in [0.25, 0.3) is 0 Å². The van der Waals surface area contributed by atoms with Crippen LogP contribution in [0.3, 0.4) is 0 Å². The van der Waals surface area contributed by atoms with E-state index in [1.807, 2.05) is 12.1 Å². The first-order valence-electron chi connectivity index (χ1n) is 6.53. The van der Waals surface area contributed by atoms with E-state index in [9.17, 15) is 0 Å². The van der Waals surface area contributed by atoms with Gasteiger partial charge in [-0.25, -0.2) is 0 Å². The van der Waals surface area contributed by atoms with E-state index >= 15 is 0 Å². The molecular weight excluding hydrogens is 262 g/mol. The van der Waals surface area contributed by atoms with E-state index in [1.165, 1.54) is 0 Å². The number of hydrogen-bond donors (Lipinski definition) is 1. The van der Waals surface area contributed by atoms with Crippen molar-refractivity contribution in [3.8, 4) is 11.5 Å². The molecule has 4 heteroatoms. The number of unbranched alkanes of at least 4 members (excludes halogenated alkanes) is 3. The quantitative estimate of drug-likeness (QED) is 0.552. The molecule has 0 amide bonds. The first kappa shape index (κ1) is 15.9. The standard InChI is InChI=1S/C15H22ClNO2/c1-3-4-5-6-7-8-19-15-12(11-17)9-13(16)10-14(15)18-2/h3,9-10H,1,4-8,11,17H2,2H3. The number of methoxy groups -OCH3 is 1. The molecule has 0 aliphatic carbocycles. The molecule has 0 fully saturated rings. The molecule has 0 aliphatic heterocycles. The molecule has 1 aromatic rings. The molecule has 106 valence electrons. The SMILES string of the molecule is C=CCCCCCOc1c(CN)cc(Cl)cc1OC. The van der Waals surface area contributed by atoms with Gasteiger partial charge < -0.3 is 15.2 Å². The lowest BCUT2D eigenvalue weighted by atomic mass is 10.1. The van der Waals surface area contributed by atoms with Crippen molar-refractivity contribution in [3.05, 3.63) is 35.4 Å². The molecule has 0 bridgehead atoms. The minimum Gasteiger partial charge on any atom is -0.493 e. The van der Waals surface area contributed by atoms with Crippen LogP contribution in [0.2, 0.25) is 5.02 Å². The second kappa shape index (κ2) is 8.83. The largest absolute Gasteiger partial charge is 0.493 e. The van der Waals surface area contributed by atoms with Gasteiger partial charge in [0, 0.05) is 23.2 Å². The Labute approximate surface area is 120 Å². The summed E-state index contributed by atoms with van der Waals surface area (Å²) in [5.74, 6) is 1.34. The van der Waals surface area contributed by atoms with E-state index in [0.29, 0.717) is 29.7 Å². The number of benzene rings is 1. The summed E-state index contributed by atoms with van der Waals surface area (Å²) in [6.45, 7) is 4.74. The van der Waals surface area contributed by atoms with E-state index in [4.69, 9.17) is 26.8 Å². The molecule has 0 spiro atoms. The third-order valence-corrected chi connectivity index (χ3v) is 3.05. The lowest BCUT2D eigenvalue weighted by Gasteiger charge is -2.14. The van der Waals surface area contributed by atoms with Crippen molar-refractivity contribution in [1.82, 2.24) is 0 Å². The van der Waals surface area contributed by atoms with Crippen LogP contribution < -0.4 is 15.2 Å². The van der Waals surface area contributed by atoms with Crippen molar-refractivity contribution in [2.24, 2.45) is 5.73 Å². The summed E-state index contributed by atoms with van der Waals surface area (Å²) in [4.78, 5) is 0. The van der Waals surface area contributed by atoms with E-state index < -0.39 is 0 Å².